The second-order valence-electron chi connectivity index (χ2n) is 4.51. The van der Waals surface area contributed by atoms with E-state index in [9.17, 15) is 4.79 Å². The van der Waals surface area contributed by atoms with Gasteiger partial charge in [0, 0.05) is 38.1 Å². The number of aromatic nitrogens is 1. The lowest BCUT2D eigenvalue weighted by Crippen LogP contribution is -2.41. The Morgan fingerprint density at radius 3 is 2.37 bits per heavy atom. The minimum atomic E-state index is 0.0440. The molecule has 0 spiro atoms. The van der Waals surface area contributed by atoms with Crippen molar-refractivity contribution < 1.29 is 4.79 Å². The van der Waals surface area contributed by atoms with Crippen LogP contribution in [0.3, 0.4) is 0 Å². The number of nitrogens with zero attached hydrogens (tertiary/aromatic N) is 3. The SMILES string of the molecule is CCN(CC)C(=O)CN(C)C(CN)c1ccncc1. The normalized spacial score (nSPS) is 12.5. The summed E-state index contributed by atoms with van der Waals surface area (Å²) >= 11 is 0. The van der Waals surface area contributed by atoms with Crippen molar-refractivity contribution in [3.63, 3.8) is 0 Å². The van der Waals surface area contributed by atoms with E-state index in [0.717, 1.165) is 18.7 Å². The van der Waals surface area contributed by atoms with E-state index >= 15 is 0 Å². The highest BCUT2D eigenvalue weighted by atomic mass is 16.2. The van der Waals surface area contributed by atoms with Crippen molar-refractivity contribution >= 4 is 5.91 Å². The number of amides is 1. The summed E-state index contributed by atoms with van der Waals surface area (Å²) in [5.74, 6) is 0.139. The van der Waals surface area contributed by atoms with E-state index in [4.69, 9.17) is 5.73 Å². The number of hydrogen-bond donors (Lipinski definition) is 1. The predicted octanol–water partition coefficient (Wildman–Crippen LogP) is 0.882. The van der Waals surface area contributed by atoms with Gasteiger partial charge in [-0.2, -0.15) is 0 Å². The van der Waals surface area contributed by atoms with Crippen LogP contribution in [0, 0.1) is 0 Å². The maximum Gasteiger partial charge on any atom is 0.236 e. The van der Waals surface area contributed by atoms with E-state index in [1.807, 2.05) is 42.8 Å². The molecule has 0 aliphatic heterocycles. The minimum Gasteiger partial charge on any atom is -0.342 e. The van der Waals surface area contributed by atoms with Gasteiger partial charge in [-0.3, -0.25) is 14.7 Å². The number of likely N-dealkylation sites (N-methyl/N-ethyl adjacent to an activating group) is 2. The lowest BCUT2D eigenvalue weighted by Gasteiger charge is -2.29. The molecule has 1 unspecified atom stereocenters. The number of carbonyl (C=O) groups is 1. The van der Waals surface area contributed by atoms with Crippen molar-refractivity contribution in [1.29, 1.82) is 0 Å². The zero-order valence-corrected chi connectivity index (χ0v) is 12.0. The first-order valence-corrected chi connectivity index (χ1v) is 6.72. The standard InChI is InChI=1S/C14H24N4O/c1-4-18(5-2)14(19)11-17(3)13(10-15)12-6-8-16-9-7-12/h6-9,13H,4-5,10-11,15H2,1-3H3. The molecule has 0 aromatic carbocycles. The van der Waals surface area contributed by atoms with Gasteiger partial charge in [0.25, 0.3) is 0 Å². The lowest BCUT2D eigenvalue weighted by atomic mass is 10.1. The number of nitrogens with two attached hydrogens (primary N) is 1. The Morgan fingerprint density at radius 1 is 1.32 bits per heavy atom. The molecule has 0 fully saturated rings. The van der Waals surface area contributed by atoms with Gasteiger partial charge in [-0.1, -0.05) is 0 Å². The second-order valence-corrected chi connectivity index (χ2v) is 4.51. The molecule has 0 aliphatic rings. The molecular weight excluding hydrogens is 240 g/mol. The Bertz CT molecular complexity index is 378. The lowest BCUT2D eigenvalue weighted by molar-refractivity contribution is -0.132. The van der Waals surface area contributed by atoms with Crippen molar-refractivity contribution in [2.45, 2.75) is 19.9 Å². The van der Waals surface area contributed by atoms with Crippen LogP contribution in [-0.4, -0.2) is 53.9 Å². The Hall–Kier alpha value is -1.46. The summed E-state index contributed by atoms with van der Waals surface area (Å²) in [6.07, 6.45) is 3.50. The van der Waals surface area contributed by atoms with Crippen molar-refractivity contribution in [1.82, 2.24) is 14.8 Å². The van der Waals surface area contributed by atoms with Crippen LogP contribution in [0.15, 0.2) is 24.5 Å². The van der Waals surface area contributed by atoms with Gasteiger partial charge in [-0.05, 0) is 38.6 Å². The largest absolute Gasteiger partial charge is 0.342 e. The Morgan fingerprint density at radius 2 is 1.89 bits per heavy atom. The van der Waals surface area contributed by atoms with E-state index in [2.05, 4.69) is 4.98 Å². The topological polar surface area (TPSA) is 62.5 Å². The quantitative estimate of drug-likeness (QED) is 0.794. The first-order chi connectivity index (χ1) is 9.13. The van der Waals surface area contributed by atoms with Crippen LogP contribution >= 0.6 is 0 Å². The molecule has 1 rings (SSSR count). The van der Waals surface area contributed by atoms with Gasteiger partial charge in [-0.25, -0.2) is 0 Å². The summed E-state index contributed by atoms with van der Waals surface area (Å²) in [5, 5.41) is 0. The molecule has 1 aromatic rings. The van der Waals surface area contributed by atoms with Gasteiger partial charge in [0.1, 0.15) is 0 Å². The van der Waals surface area contributed by atoms with Gasteiger partial charge < -0.3 is 10.6 Å². The highest BCUT2D eigenvalue weighted by molar-refractivity contribution is 5.78. The summed E-state index contributed by atoms with van der Waals surface area (Å²) in [7, 11) is 1.93. The molecule has 0 saturated carbocycles. The third-order valence-electron chi connectivity index (χ3n) is 3.35. The molecule has 1 heterocycles. The fraction of sp³-hybridized carbons (Fsp3) is 0.571. The average molecular weight is 264 g/mol. The van der Waals surface area contributed by atoms with Gasteiger partial charge in [0.2, 0.25) is 5.91 Å². The van der Waals surface area contributed by atoms with Crippen LogP contribution in [0.4, 0.5) is 0 Å². The van der Waals surface area contributed by atoms with Crippen LogP contribution < -0.4 is 5.73 Å². The molecule has 106 valence electrons. The molecule has 1 amide bonds. The van der Waals surface area contributed by atoms with E-state index < -0.39 is 0 Å². The van der Waals surface area contributed by atoms with Crippen molar-refractivity contribution in [3.8, 4) is 0 Å². The predicted molar refractivity (Wildman–Crippen MR) is 76.6 cm³/mol. The molecule has 0 aliphatic carbocycles. The monoisotopic (exact) mass is 264 g/mol. The smallest absolute Gasteiger partial charge is 0.236 e. The summed E-state index contributed by atoms with van der Waals surface area (Å²) in [6, 6.07) is 3.92. The first kappa shape index (κ1) is 15.6. The van der Waals surface area contributed by atoms with Crippen LogP contribution in [0.25, 0.3) is 0 Å². The molecule has 1 atom stereocenters. The molecule has 0 radical (unpaired) electrons. The number of rotatable bonds is 7. The first-order valence-electron chi connectivity index (χ1n) is 6.72. The van der Waals surface area contributed by atoms with E-state index in [-0.39, 0.29) is 11.9 Å². The zero-order chi connectivity index (χ0) is 14.3. The average Bonchev–Trinajstić information content (AvgIpc) is 2.42. The van der Waals surface area contributed by atoms with E-state index in [1.54, 1.807) is 12.4 Å². The molecule has 19 heavy (non-hydrogen) atoms. The Kier molecular flexibility index (Phi) is 6.45. The fourth-order valence-corrected chi connectivity index (χ4v) is 2.16. The van der Waals surface area contributed by atoms with Crippen LogP contribution in [-0.2, 0) is 4.79 Å². The van der Waals surface area contributed by atoms with Crippen LogP contribution in [0.1, 0.15) is 25.5 Å². The maximum absolute atomic E-state index is 12.1. The van der Waals surface area contributed by atoms with Gasteiger partial charge in [0.15, 0.2) is 0 Å². The Labute approximate surface area is 115 Å². The highest BCUT2D eigenvalue weighted by Crippen LogP contribution is 2.17. The zero-order valence-electron chi connectivity index (χ0n) is 12.0. The van der Waals surface area contributed by atoms with Gasteiger partial charge in [-0.15, -0.1) is 0 Å². The minimum absolute atomic E-state index is 0.0440. The summed E-state index contributed by atoms with van der Waals surface area (Å²) < 4.78 is 0. The van der Waals surface area contributed by atoms with Crippen molar-refractivity contribution in [2.75, 3.05) is 33.2 Å². The van der Waals surface area contributed by atoms with E-state index in [0.29, 0.717) is 13.1 Å². The molecule has 2 N–H and O–H groups in total. The van der Waals surface area contributed by atoms with Gasteiger partial charge in [0.05, 0.1) is 6.54 Å². The summed E-state index contributed by atoms with van der Waals surface area (Å²) in [5.41, 5.74) is 6.93. The van der Waals surface area contributed by atoms with Crippen molar-refractivity contribution in [3.05, 3.63) is 30.1 Å². The van der Waals surface area contributed by atoms with Crippen LogP contribution in [0.5, 0.6) is 0 Å². The Balaban J connectivity index is 2.70. The molecule has 5 nitrogen and oxygen atoms in total. The number of hydrogen-bond acceptors (Lipinski definition) is 4. The molecule has 1 aromatic heterocycles. The molecule has 5 heteroatoms. The third kappa shape index (κ3) is 4.29. The number of pyridine rings is 1. The fourth-order valence-electron chi connectivity index (χ4n) is 2.16. The third-order valence-corrected chi connectivity index (χ3v) is 3.35. The second kappa shape index (κ2) is 7.86. The number of carbonyl (C=O) groups excluding carboxylic acids is 1. The van der Waals surface area contributed by atoms with Crippen LogP contribution in [0.2, 0.25) is 0 Å². The molecular formula is C14H24N4O. The molecule has 0 saturated heterocycles. The molecule has 0 bridgehead atoms. The van der Waals surface area contributed by atoms with Crippen molar-refractivity contribution in [2.24, 2.45) is 5.73 Å². The van der Waals surface area contributed by atoms with Gasteiger partial charge >= 0.3 is 0 Å². The van der Waals surface area contributed by atoms with E-state index in [1.165, 1.54) is 0 Å². The summed E-state index contributed by atoms with van der Waals surface area (Å²) in [6.45, 7) is 6.32. The highest BCUT2D eigenvalue weighted by Gasteiger charge is 2.19. The maximum atomic E-state index is 12.1. The summed E-state index contributed by atoms with van der Waals surface area (Å²) in [4.78, 5) is 19.9.